The average molecular weight is 428 g/mol. The normalized spacial score (nSPS) is 11.0. The van der Waals surface area contributed by atoms with Crippen LogP contribution in [0.15, 0.2) is 83.5 Å². The number of aromatic nitrogens is 5. The highest BCUT2D eigenvalue weighted by Gasteiger charge is 2.10. The highest BCUT2D eigenvalue weighted by atomic mass is 32.1. The minimum atomic E-state index is -0.349. The smallest absolute Gasteiger partial charge is 0.267 e. The van der Waals surface area contributed by atoms with Crippen molar-refractivity contribution in [1.82, 2.24) is 24.1 Å². The molecule has 0 spiro atoms. The van der Waals surface area contributed by atoms with Crippen LogP contribution in [-0.4, -0.2) is 30.1 Å². The van der Waals surface area contributed by atoms with Crippen LogP contribution in [-0.2, 0) is 11.3 Å². The topological polar surface area (TPSA) is 94.2 Å². The standard InChI is InChI=1S/C22H16N6O2S/c29-20(14-28-21(30)8-7-18(26-28)16-2-1-9-23-12-16)24-17-5-3-15(4-6-17)19-13-27-10-11-31-22(27)25-19/h1-13H,14H2,(H,24,29). The van der Waals surface area contributed by atoms with Gasteiger partial charge in [-0.05, 0) is 30.3 Å². The second-order valence-electron chi connectivity index (χ2n) is 6.80. The zero-order valence-corrected chi connectivity index (χ0v) is 17.0. The van der Waals surface area contributed by atoms with Crippen molar-refractivity contribution in [3.8, 4) is 22.5 Å². The first kappa shape index (κ1) is 18.9. The Morgan fingerprint density at radius 3 is 2.68 bits per heavy atom. The van der Waals surface area contributed by atoms with Crippen LogP contribution in [0.2, 0.25) is 0 Å². The molecule has 0 atom stereocenters. The lowest BCUT2D eigenvalue weighted by Gasteiger charge is -2.08. The summed E-state index contributed by atoms with van der Waals surface area (Å²) < 4.78 is 3.11. The number of fused-ring (bicyclic) bond motifs is 1. The van der Waals surface area contributed by atoms with Crippen LogP contribution < -0.4 is 10.9 Å². The van der Waals surface area contributed by atoms with Gasteiger partial charge in [-0.1, -0.05) is 12.1 Å². The van der Waals surface area contributed by atoms with Gasteiger partial charge in [-0.3, -0.25) is 19.0 Å². The van der Waals surface area contributed by atoms with Crippen molar-refractivity contribution in [1.29, 1.82) is 0 Å². The SMILES string of the molecule is O=C(Cn1nc(-c2cccnc2)ccc1=O)Nc1ccc(-c2cn3ccsc3n2)cc1. The Morgan fingerprint density at radius 2 is 1.90 bits per heavy atom. The van der Waals surface area contributed by atoms with Crippen molar-refractivity contribution < 1.29 is 4.79 Å². The molecule has 0 aliphatic heterocycles. The highest BCUT2D eigenvalue weighted by Crippen LogP contribution is 2.23. The molecule has 0 aliphatic rings. The van der Waals surface area contributed by atoms with Crippen LogP contribution in [0.5, 0.6) is 0 Å². The van der Waals surface area contributed by atoms with E-state index in [0.717, 1.165) is 26.5 Å². The lowest BCUT2D eigenvalue weighted by Crippen LogP contribution is -2.29. The fourth-order valence-corrected chi connectivity index (χ4v) is 3.86. The van der Waals surface area contributed by atoms with Gasteiger partial charge in [0, 0.05) is 53.0 Å². The number of pyridine rings is 1. The number of benzene rings is 1. The molecule has 1 aromatic carbocycles. The van der Waals surface area contributed by atoms with Crippen LogP contribution in [0.4, 0.5) is 5.69 Å². The molecular weight excluding hydrogens is 412 g/mol. The van der Waals surface area contributed by atoms with E-state index in [2.05, 4.69) is 20.4 Å². The molecule has 5 rings (SSSR count). The van der Waals surface area contributed by atoms with E-state index in [1.165, 1.54) is 6.07 Å². The quantitative estimate of drug-likeness (QED) is 0.463. The third-order valence-electron chi connectivity index (χ3n) is 4.67. The Kier molecular flexibility index (Phi) is 4.85. The van der Waals surface area contributed by atoms with Crippen molar-refractivity contribution in [2.45, 2.75) is 6.54 Å². The molecule has 0 bridgehead atoms. The molecule has 0 saturated carbocycles. The molecule has 9 heteroatoms. The molecule has 0 radical (unpaired) electrons. The van der Waals surface area contributed by atoms with E-state index in [9.17, 15) is 9.59 Å². The largest absolute Gasteiger partial charge is 0.324 e. The summed E-state index contributed by atoms with van der Waals surface area (Å²) in [4.78, 5) is 34.2. The summed E-state index contributed by atoms with van der Waals surface area (Å²) in [6, 6.07) is 14.1. The van der Waals surface area contributed by atoms with Crippen molar-refractivity contribution in [2.75, 3.05) is 5.32 Å². The Morgan fingerprint density at radius 1 is 1.03 bits per heavy atom. The summed E-state index contributed by atoms with van der Waals surface area (Å²) >= 11 is 1.57. The summed E-state index contributed by atoms with van der Waals surface area (Å²) in [6.45, 7) is -0.188. The van der Waals surface area contributed by atoms with E-state index in [4.69, 9.17) is 0 Å². The first-order valence-corrected chi connectivity index (χ1v) is 10.3. The number of thiazole rings is 1. The van der Waals surface area contributed by atoms with Crippen molar-refractivity contribution in [3.05, 3.63) is 89.1 Å². The van der Waals surface area contributed by atoms with Crippen molar-refractivity contribution >= 4 is 27.9 Å². The molecule has 4 heterocycles. The Bertz CT molecular complexity index is 1390. The van der Waals surface area contributed by atoms with Gasteiger partial charge in [-0.25, -0.2) is 9.67 Å². The zero-order valence-electron chi connectivity index (χ0n) is 16.2. The Labute approximate surface area is 180 Å². The van der Waals surface area contributed by atoms with Crippen LogP contribution in [0.1, 0.15) is 0 Å². The summed E-state index contributed by atoms with van der Waals surface area (Å²) in [6.07, 6.45) is 7.24. The van der Waals surface area contributed by atoms with Gasteiger partial charge in [-0.15, -0.1) is 11.3 Å². The van der Waals surface area contributed by atoms with Gasteiger partial charge in [0.15, 0.2) is 4.96 Å². The number of anilines is 1. The van der Waals surface area contributed by atoms with Gasteiger partial charge < -0.3 is 5.32 Å². The summed E-state index contributed by atoms with van der Waals surface area (Å²) in [7, 11) is 0. The molecule has 0 fully saturated rings. The first-order valence-electron chi connectivity index (χ1n) is 9.47. The summed E-state index contributed by atoms with van der Waals surface area (Å²) in [5.74, 6) is -0.340. The lowest BCUT2D eigenvalue weighted by atomic mass is 10.1. The van der Waals surface area contributed by atoms with Gasteiger partial charge in [0.05, 0.1) is 11.4 Å². The van der Waals surface area contributed by atoms with Gasteiger partial charge in [0.25, 0.3) is 5.56 Å². The number of nitrogens with one attached hydrogen (secondary N) is 1. The van der Waals surface area contributed by atoms with Gasteiger partial charge in [0.2, 0.25) is 5.91 Å². The van der Waals surface area contributed by atoms with Crippen LogP contribution in [0.3, 0.4) is 0 Å². The molecule has 152 valence electrons. The molecule has 0 aliphatic carbocycles. The highest BCUT2D eigenvalue weighted by molar-refractivity contribution is 7.15. The average Bonchev–Trinajstić information content (AvgIpc) is 3.39. The zero-order chi connectivity index (χ0) is 21.2. The molecule has 0 unspecified atom stereocenters. The predicted molar refractivity (Wildman–Crippen MR) is 119 cm³/mol. The molecule has 8 nitrogen and oxygen atoms in total. The van der Waals surface area contributed by atoms with E-state index in [0.29, 0.717) is 11.4 Å². The predicted octanol–water partition coefficient (Wildman–Crippen LogP) is 3.32. The van der Waals surface area contributed by atoms with Crippen molar-refractivity contribution in [3.63, 3.8) is 0 Å². The van der Waals surface area contributed by atoms with Gasteiger partial charge >= 0.3 is 0 Å². The van der Waals surface area contributed by atoms with E-state index in [1.54, 1.807) is 35.9 Å². The molecular formula is C22H16N6O2S. The van der Waals surface area contributed by atoms with Crippen LogP contribution >= 0.6 is 11.3 Å². The lowest BCUT2D eigenvalue weighted by molar-refractivity contribution is -0.117. The maximum absolute atomic E-state index is 12.5. The maximum atomic E-state index is 12.5. The molecule has 31 heavy (non-hydrogen) atoms. The minimum absolute atomic E-state index is 0.188. The van der Waals surface area contributed by atoms with Gasteiger partial charge in [0.1, 0.15) is 6.54 Å². The van der Waals surface area contributed by atoms with Crippen LogP contribution in [0, 0.1) is 0 Å². The van der Waals surface area contributed by atoms with E-state index < -0.39 is 0 Å². The second-order valence-corrected chi connectivity index (χ2v) is 7.67. The molecule has 4 aromatic heterocycles. The summed E-state index contributed by atoms with van der Waals surface area (Å²) in [5, 5.41) is 9.07. The number of amides is 1. The number of imidazole rings is 1. The Balaban J connectivity index is 1.29. The third-order valence-corrected chi connectivity index (χ3v) is 5.45. The third kappa shape index (κ3) is 3.99. The number of hydrogen-bond acceptors (Lipinski definition) is 6. The first-order chi connectivity index (χ1) is 15.2. The number of carbonyl (C=O) groups excluding carboxylic acids is 1. The monoisotopic (exact) mass is 428 g/mol. The van der Waals surface area contributed by atoms with E-state index in [-0.39, 0.29) is 18.0 Å². The van der Waals surface area contributed by atoms with Crippen molar-refractivity contribution in [2.24, 2.45) is 0 Å². The molecule has 5 aromatic rings. The maximum Gasteiger partial charge on any atom is 0.267 e. The number of carbonyl (C=O) groups is 1. The molecule has 1 N–H and O–H groups in total. The molecule has 0 saturated heterocycles. The minimum Gasteiger partial charge on any atom is -0.324 e. The van der Waals surface area contributed by atoms with E-state index >= 15 is 0 Å². The molecule has 1 amide bonds. The number of rotatable bonds is 5. The van der Waals surface area contributed by atoms with Gasteiger partial charge in [-0.2, -0.15) is 5.10 Å². The fourth-order valence-electron chi connectivity index (χ4n) is 3.16. The summed E-state index contributed by atoms with van der Waals surface area (Å²) in [5.41, 5.74) is 3.45. The number of nitrogens with zero attached hydrogens (tertiary/aromatic N) is 5. The number of hydrogen-bond donors (Lipinski definition) is 1. The fraction of sp³-hybridized carbons (Fsp3) is 0.0455. The van der Waals surface area contributed by atoms with Crippen LogP contribution in [0.25, 0.3) is 27.5 Å². The van der Waals surface area contributed by atoms with E-state index in [1.807, 2.05) is 52.5 Å². The Hall–Kier alpha value is -4.11. The second kappa shape index (κ2) is 7.96.